The van der Waals surface area contributed by atoms with Gasteiger partial charge < -0.3 is 5.32 Å². The predicted octanol–water partition coefficient (Wildman–Crippen LogP) is 2.76. The highest BCUT2D eigenvalue weighted by atomic mass is 79.9. The lowest BCUT2D eigenvalue weighted by Crippen LogP contribution is -1.97. The molecular weight excluding hydrogens is 216 g/mol. The second kappa shape index (κ2) is 3.05. The molecule has 0 radical (unpaired) electrons. The Morgan fingerprint density at radius 1 is 1.50 bits per heavy atom. The van der Waals surface area contributed by atoms with Gasteiger partial charge in [-0.1, -0.05) is 6.07 Å². The molecule has 1 N–H and O–H groups in total. The molecule has 12 heavy (non-hydrogen) atoms. The van der Waals surface area contributed by atoms with Crippen LogP contribution in [-0.2, 0) is 0 Å². The largest absolute Gasteiger partial charge is 0.373 e. The maximum atomic E-state index is 4.36. The van der Waals surface area contributed by atoms with E-state index in [9.17, 15) is 0 Å². The van der Waals surface area contributed by atoms with Crippen LogP contribution in [0.1, 0.15) is 24.3 Å². The second-order valence-electron chi connectivity index (χ2n) is 3.10. The zero-order valence-corrected chi connectivity index (χ0v) is 8.56. The van der Waals surface area contributed by atoms with Gasteiger partial charge in [0.25, 0.3) is 0 Å². The first-order valence-electron chi connectivity index (χ1n) is 4.15. The van der Waals surface area contributed by atoms with Crippen LogP contribution in [0.25, 0.3) is 0 Å². The van der Waals surface area contributed by atoms with Crippen LogP contribution in [0.2, 0.25) is 0 Å². The average Bonchev–Trinajstić information content (AvgIpc) is 2.87. The van der Waals surface area contributed by atoms with E-state index in [1.807, 2.05) is 13.1 Å². The molecule has 0 bridgehead atoms. The number of anilines is 1. The van der Waals surface area contributed by atoms with Crippen LogP contribution in [0.15, 0.2) is 16.7 Å². The van der Waals surface area contributed by atoms with E-state index in [2.05, 4.69) is 32.3 Å². The van der Waals surface area contributed by atoms with Gasteiger partial charge in [-0.05, 0) is 46.3 Å². The molecule has 1 fully saturated rings. The minimum Gasteiger partial charge on any atom is -0.373 e. The van der Waals surface area contributed by atoms with Crippen molar-refractivity contribution < 1.29 is 0 Å². The Morgan fingerprint density at radius 3 is 2.83 bits per heavy atom. The third-order valence-electron chi connectivity index (χ3n) is 2.15. The number of hydrogen-bond acceptors (Lipinski definition) is 2. The summed E-state index contributed by atoms with van der Waals surface area (Å²) < 4.78 is 0.899. The Kier molecular flexibility index (Phi) is 2.05. The summed E-state index contributed by atoms with van der Waals surface area (Å²) in [7, 11) is 1.92. The number of nitrogens with one attached hydrogen (secondary N) is 1. The van der Waals surface area contributed by atoms with Crippen molar-refractivity contribution in [1.82, 2.24) is 4.98 Å². The van der Waals surface area contributed by atoms with Crippen molar-refractivity contribution in [2.75, 3.05) is 12.4 Å². The van der Waals surface area contributed by atoms with Crippen molar-refractivity contribution in [3.63, 3.8) is 0 Å². The highest BCUT2D eigenvalue weighted by molar-refractivity contribution is 9.10. The van der Waals surface area contributed by atoms with Gasteiger partial charge in [-0.3, -0.25) is 0 Å². The van der Waals surface area contributed by atoms with E-state index in [1.54, 1.807) is 0 Å². The smallest absolute Gasteiger partial charge is 0.130 e. The van der Waals surface area contributed by atoms with E-state index in [4.69, 9.17) is 0 Å². The summed E-state index contributed by atoms with van der Waals surface area (Å²) in [5.74, 6) is 1.78. The molecule has 0 spiro atoms. The second-order valence-corrected chi connectivity index (χ2v) is 3.91. The summed E-state index contributed by atoms with van der Waals surface area (Å²) in [6.07, 6.45) is 2.63. The first-order valence-corrected chi connectivity index (χ1v) is 4.95. The van der Waals surface area contributed by atoms with Crippen LogP contribution < -0.4 is 5.32 Å². The fraction of sp³-hybridized carbons (Fsp3) is 0.444. The van der Waals surface area contributed by atoms with Crippen molar-refractivity contribution in [2.24, 2.45) is 0 Å². The first-order chi connectivity index (χ1) is 5.81. The van der Waals surface area contributed by atoms with Gasteiger partial charge in [-0.15, -0.1) is 0 Å². The molecule has 1 aliphatic carbocycles. The number of aromatic nitrogens is 1. The van der Waals surface area contributed by atoms with E-state index < -0.39 is 0 Å². The maximum Gasteiger partial charge on any atom is 0.130 e. The molecule has 1 aromatic heterocycles. The zero-order chi connectivity index (χ0) is 8.55. The van der Waals surface area contributed by atoms with Crippen molar-refractivity contribution in [3.8, 4) is 0 Å². The molecule has 2 rings (SSSR count). The Morgan fingerprint density at radius 2 is 2.25 bits per heavy atom. The quantitative estimate of drug-likeness (QED) is 0.785. The number of hydrogen-bond donors (Lipinski definition) is 1. The van der Waals surface area contributed by atoms with Crippen LogP contribution in [0.4, 0.5) is 5.82 Å². The number of nitrogens with zero attached hydrogens (tertiary/aromatic N) is 1. The van der Waals surface area contributed by atoms with Crippen molar-refractivity contribution in [1.29, 1.82) is 0 Å². The Hall–Kier alpha value is -0.570. The van der Waals surface area contributed by atoms with Gasteiger partial charge in [0.05, 0.1) is 0 Å². The summed E-state index contributed by atoms with van der Waals surface area (Å²) in [4.78, 5) is 4.36. The van der Waals surface area contributed by atoms with Crippen LogP contribution in [0.3, 0.4) is 0 Å². The first kappa shape index (κ1) is 8.05. The molecule has 1 saturated carbocycles. The molecule has 2 nitrogen and oxygen atoms in total. The molecule has 0 aromatic carbocycles. The summed E-state index contributed by atoms with van der Waals surface area (Å²) >= 11 is 3.36. The molecule has 0 saturated heterocycles. The molecular formula is C9H11BrN2. The van der Waals surface area contributed by atoms with Gasteiger partial charge >= 0.3 is 0 Å². The topological polar surface area (TPSA) is 24.9 Å². The van der Waals surface area contributed by atoms with Gasteiger partial charge in [-0.2, -0.15) is 0 Å². The molecule has 0 unspecified atom stereocenters. The summed E-state index contributed by atoms with van der Waals surface area (Å²) in [6.45, 7) is 0. The fourth-order valence-corrected chi connectivity index (χ4v) is 1.68. The number of rotatable bonds is 2. The molecule has 3 heteroatoms. The van der Waals surface area contributed by atoms with Crippen LogP contribution >= 0.6 is 15.9 Å². The Balaban J connectivity index is 2.38. The minimum atomic E-state index is 0.757. The average molecular weight is 227 g/mol. The van der Waals surface area contributed by atoms with E-state index >= 15 is 0 Å². The monoisotopic (exact) mass is 226 g/mol. The molecule has 0 amide bonds. The van der Waals surface area contributed by atoms with Crippen molar-refractivity contribution >= 4 is 21.7 Å². The van der Waals surface area contributed by atoms with Gasteiger partial charge in [0.1, 0.15) is 10.4 Å². The van der Waals surface area contributed by atoms with Gasteiger partial charge in [-0.25, -0.2) is 4.98 Å². The molecule has 0 aliphatic heterocycles. The van der Waals surface area contributed by atoms with Crippen LogP contribution in [-0.4, -0.2) is 12.0 Å². The van der Waals surface area contributed by atoms with Gasteiger partial charge in [0, 0.05) is 7.05 Å². The molecule has 1 aromatic rings. The van der Waals surface area contributed by atoms with E-state index in [0.717, 1.165) is 16.3 Å². The molecule has 64 valence electrons. The SMILES string of the molecule is CNc1nc(Br)ccc1C1CC1. The molecule has 1 heterocycles. The van der Waals surface area contributed by atoms with Crippen LogP contribution in [0.5, 0.6) is 0 Å². The van der Waals surface area contributed by atoms with E-state index in [1.165, 1.54) is 18.4 Å². The maximum absolute atomic E-state index is 4.36. The van der Waals surface area contributed by atoms with Gasteiger partial charge in [0.2, 0.25) is 0 Å². The molecule has 0 atom stereocenters. The van der Waals surface area contributed by atoms with Crippen molar-refractivity contribution in [3.05, 3.63) is 22.3 Å². The lowest BCUT2D eigenvalue weighted by molar-refractivity contribution is 1.08. The summed E-state index contributed by atoms with van der Waals surface area (Å²) in [6, 6.07) is 4.16. The van der Waals surface area contributed by atoms with Gasteiger partial charge in [0.15, 0.2) is 0 Å². The zero-order valence-electron chi connectivity index (χ0n) is 6.97. The lowest BCUT2D eigenvalue weighted by atomic mass is 10.2. The van der Waals surface area contributed by atoms with Crippen molar-refractivity contribution in [2.45, 2.75) is 18.8 Å². The standard InChI is InChI=1S/C9H11BrN2/c1-11-9-7(6-2-3-6)4-5-8(10)12-9/h4-6H,2-3H2,1H3,(H,11,12). The highest BCUT2D eigenvalue weighted by Crippen LogP contribution is 2.42. The third-order valence-corrected chi connectivity index (χ3v) is 2.59. The Bertz CT molecular complexity index is 295. The van der Waals surface area contributed by atoms with Crippen LogP contribution in [0, 0.1) is 0 Å². The summed E-state index contributed by atoms with van der Waals surface area (Å²) in [5, 5.41) is 3.12. The predicted molar refractivity (Wildman–Crippen MR) is 53.5 cm³/mol. The summed E-state index contributed by atoms with van der Waals surface area (Å²) in [5.41, 5.74) is 1.36. The highest BCUT2D eigenvalue weighted by Gasteiger charge is 2.26. The minimum absolute atomic E-state index is 0.757. The van der Waals surface area contributed by atoms with E-state index in [-0.39, 0.29) is 0 Å². The van der Waals surface area contributed by atoms with E-state index in [0.29, 0.717) is 0 Å². The molecule has 1 aliphatic rings. The number of pyridine rings is 1. The Labute approximate surface area is 80.5 Å². The lowest BCUT2D eigenvalue weighted by Gasteiger charge is -2.06. The third kappa shape index (κ3) is 1.46. The normalized spacial score (nSPS) is 16.2. The fourth-order valence-electron chi connectivity index (χ4n) is 1.37. The number of halogens is 1.